The van der Waals surface area contributed by atoms with Crippen LogP contribution in [0.5, 0.6) is 5.75 Å². The van der Waals surface area contributed by atoms with E-state index >= 15 is 0 Å². The highest BCUT2D eigenvalue weighted by atomic mass is 35.5. The number of halogens is 1. The van der Waals surface area contributed by atoms with Crippen molar-refractivity contribution in [2.45, 2.75) is 18.9 Å². The summed E-state index contributed by atoms with van der Waals surface area (Å²) in [5.74, 6) is -0.320. The molecule has 3 aromatic carbocycles. The molecule has 0 spiro atoms. The van der Waals surface area contributed by atoms with E-state index in [0.717, 1.165) is 21.9 Å². The van der Waals surface area contributed by atoms with Crippen LogP contribution in [0.1, 0.15) is 11.1 Å². The number of carbonyl (C=O) groups is 2. The number of rotatable bonds is 7. The fourth-order valence-corrected chi connectivity index (χ4v) is 3.36. The minimum atomic E-state index is -0.822. The monoisotopic (exact) mass is 396 g/mol. The van der Waals surface area contributed by atoms with Crippen LogP contribution < -0.4 is 15.8 Å². The third-order valence-electron chi connectivity index (χ3n) is 4.51. The number of benzene rings is 3. The summed E-state index contributed by atoms with van der Waals surface area (Å²) in [6, 6.07) is 18.2. The summed E-state index contributed by atoms with van der Waals surface area (Å²) in [5.41, 5.74) is 7.13. The Bertz CT molecular complexity index is 1020. The lowest BCUT2D eigenvalue weighted by molar-refractivity contribution is -0.127. The van der Waals surface area contributed by atoms with Crippen LogP contribution in [0, 0.1) is 0 Å². The molecule has 2 amide bonds. The standard InChI is InChI=1S/C22H21ClN2O3/c1-28-20-9-7-15(11-18(20)23)12-19(22(24)27)25-21(26)13-14-6-8-16-4-2-3-5-17(16)10-14/h2-11,19H,12-13H2,1H3,(H2,24,27)(H,25,26)/t19-/m1/s1. The first-order valence-corrected chi connectivity index (χ1v) is 9.23. The molecule has 0 bridgehead atoms. The van der Waals surface area contributed by atoms with Gasteiger partial charge in [0, 0.05) is 6.42 Å². The molecule has 3 N–H and O–H groups in total. The van der Waals surface area contributed by atoms with E-state index in [1.165, 1.54) is 7.11 Å². The van der Waals surface area contributed by atoms with Crippen LogP contribution in [-0.4, -0.2) is 25.0 Å². The lowest BCUT2D eigenvalue weighted by atomic mass is 10.0. The third kappa shape index (κ3) is 4.81. The van der Waals surface area contributed by atoms with Gasteiger partial charge in [0.05, 0.1) is 18.6 Å². The molecular weight excluding hydrogens is 376 g/mol. The van der Waals surface area contributed by atoms with Crippen molar-refractivity contribution in [2.24, 2.45) is 5.73 Å². The topological polar surface area (TPSA) is 81.4 Å². The van der Waals surface area contributed by atoms with Gasteiger partial charge in [-0.05, 0) is 34.0 Å². The van der Waals surface area contributed by atoms with Crippen LogP contribution in [0.3, 0.4) is 0 Å². The van der Waals surface area contributed by atoms with Crippen molar-refractivity contribution in [3.8, 4) is 5.75 Å². The molecule has 3 aromatic rings. The average molecular weight is 397 g/mol. The number of carbonyl (C=O) groups excluding carboxylic acids is 2. The number of nitrogens with two attached hydrogens (primary N) is 1. The second kappa shape index (κ2) is 8.76. The SMILES string of the molecule is COc1ccc(C[C@@H](NC(=O)Cc2ccc3ccccc3c2)C(N)=O)cc1Cl. The third-order valence-corrected chi connectivity index (χ3v) is 4.81. The normalized spacial score (nSPS) is 11.8. The van der Waals surface area contributed by atoms with Gasteiger partial charge in [0.1, 0.15) is 11.8 Å². The molecule has 6 heteroatoms. The van der Waals surface area contributed by atoms with Gasteiger partial charge >= 0.3 is 0 Å². The minimum Gasteiger partial charge on any atom is -0.495 e. The van der Waals surface area contributed by atoms with Crippen molar-refractivity contribution < 1.29 is 14.3 Å². The first-order chi connectivity index (χ1) is 13.5. The maximum atomic E-state index is 12.5. The first-order valence-electron chi connectivity index (χ1n) is 8.85. The molecule has 0 aliphatic rings. The number of amides is 2. The van der Waals surface area contributed by atoms with E-state index in [2.05, 4.69) is 5.32 Å². The predicted octanol–water partition coefficient (Wildman–Crippen LogP) is 3.26. The van der Waals surface area contributed by atoms with Crippen molar-refractivity contribution in [1.82, 2.24) is 5.32 Å². The lowest BCUT2D eigenvalue weighted by Crippen LogP contribution is -2.46. The molecule has 3 rings (SSSR count). The number of nitrogens with one attached hydrogen (secondary N) is 1. The number of ether oxygens (including phenoxy) is 1. The molecule has 28 heavy (non-hydrogen) atoms. The zero-order valence-electron chi connectivity index (χ0n) is 15.4. The Labute approximate surface area is 168 Å². The minimum absolute atomic E-state index is 0.165. The highest BCUT2D eigenvalue weighted by Gasteiger charge is 2.19. The summed E-state index contributed by atoms with van der Waals surface area (Å²) in [6.45, 7) is 0. The van der Waals surface area contributed by atoms with Crippen LogP contribution in [0.2, 0.25) is 5.02 Å². The van der Waals surface area contributed by atoms with Gasteiger partial charge in [0.25, 0.3) is 0 Å². The van der Waals surface area contributed by atoms with Gasteiger partial charge in [-0.25, -0.2) is 0 Å². The molecule has 144 valence electrons. The van der Waals surface area contributed by atoms with Gasteiger partial charge in [0.15, 0.2) is 0 Å². The molecule has 0 radical (unpaired) electrons. The Morgan fingerprint density at radius 3 is 2.43 bits per heavy atom. The molecule has 0 unspecified atom stereocenters. The molecule has 0 saturated carbocycles. The Morgan fingerprint density at radius 2 is 1.75 bits per heavy atom. The average Bonchev–Trinajstić information content (AvgIpc) is 2.67. The summed E-state index contributed by atoms with van der Waals surface area (Å²) in [4.78, 5) is 24.3. The molecule has 0 aromatic heterocycles. The van der Waals surface area contributed by atoms with Gasteiger partial charge in [0.2, 0.25) is 11.8 Å². The fourth-order valence-electron chi connectivity index (χ4n) is 3.07. The molecule has 0 fully saturated rings. The van der Waals surface area contributed by atoms with Gasteiger partial charge in [-0.2, -0.15) is 0 Å². The van der Waals surface area contributed by atoms with E-state index in [-0.39, 0.29) is 18.7 Å². The highest BCUT2D eigenvalue weighted by Crippen LogP contribution is 2.25. The number of fused-ring (bicyclic) bond motifs is 1. The smallest absolute Gasteiger partial charge is 0.240 e. The van der Waals surface area contributed by atoms with Gasteiger partial charge in [-0.3, -0.25) is 9.59 Å². The van der Waals surface area contributed by atoms with Crippen LogP contribution in [-0.2, 0) is 22.4 Å². The van der Waals surface area contributed by atoms with Gasteiger partial charge < -0.3 is 15.8 Å². The van der Waals surface area contributed by atoms with Crippen molar-refractivity contribution >= 4 is 34.2 Å². The van der Waals surface area contributed by atoms with E-state index in [9.17, 15) is 9.59 Å². The Kier molecular flexibility index (Phi) is 6.16. The number of methoxy groups -OCH3 is 1. The Balaban J connectivity index is 1.68. The summed E-state index contributed by atoms with van der Waals surface area (Å²) >= 11 is 6.12. The number of primary amides is 1. The van der Waals surface area contributed by atoms with Crippen LogP contribution in [0.4, 0.5) is 0 Å². The molecule has 0 heterocycles. The second-order valence-electron chi connectivity index (χ2n) is 6.55. The van der Waals surface area contributed by atoms with E-state index in [0.29, 0.717) is 10.8 Å². The van der Waals surface area contributed by atoms with E-state index in [1.54, 1.807) is 18.2 Å². The van der Waals surface area contributed by atoms with E-state index in [4.69, 9.17) is 22.1 Å². The van der Waals surface area contributed by atoms with Crippen LogP contribution in [0.15, 0.2) is 60.7 Å². The van der Waals surface area contributed by atoms with Gasteiger partial charge in [-0.15, -0.1) is 0 Å². The van der Waals surface area contributed by atoms with Crippen molar-refractivity contribution in [3.05, 3.63) is 76.8 Å². The van der Waals surface area contributed by atoms with Crippen molar-refractivity contribution in [1.29, 1.82) is 0 Å². The Hall–Kier alpha value is -3.05. The highest BCUT2D eigenvalue weighted by molar-refractivity contribution is 6.32. The summed E-state index contributed by atoms with van der Waals surface area (Å²) in [5, 5.41) is 5.33. The summed E-state index contributed by atoms with van der Waals surface area (Å²) in [6.07, 6.45) is 0.417. The first kappa shape index (κ1) is 19.7. The lowest BCUT2D eigenvalue weighted by Gasteiger charge is -2.16. The number of hydrogen-bond acceptors (Lipinski definition) is 3. The molecule has 0 aliphatic carbocycles. The second-order valence-corrected chi connectivity index (χ2v) is 6.96. The molecule has 1 atom stereocenters. The largest absolute Gasteiger partial charge is 0.495 e. The van der Waals surface area contributed by atoms with E-state index in [1.807, 2.05) is 42.5 Å². The van der Waals surface area contributed by atoms with Crippen molar-refractivity contribution in [2.75, 3.05) is 7.11 Å². The summed E-state index contributed by atoms with van der Waals surface area (Å²) in [7, 11) is 1.53. The predicted molar refractivity (Wildman–Crippen MR) is 110 cm³/mol. The van der Waals surface area contributed by atoms with Crippen LogP contribution in [0.25, 0.3) is 10.8 Å². The van der Waals surface area contributed by atoms with E-state index < -0.39 is 11.9 Å². The molecule has 0 aliphatic heterocycles. The van der Waals surface area contributed by atoms with Crippen LogP contribution >= 0.6 is 11.6 Å². The van der Waals surface area contributed by atoms with Gasteiger partial charge in [-0.1, -0.05) is 60.1 Å². The maximum absolute atomic E-state index is 12.5. The summed E-state index contributed by atoms with van der Waals surface area (Å²) < 4.78 is 5.12. The number of hydrogen-bond donors (Lipinski definition) is 2. The molecule has 0 saturated heterocycles. The zero-order chi connectivity index (χ0) is 20.1. The zero-order valence-corrected chi connectivity index (χ0v) is 16.2. The quantitative estimate of drug-likeness (QED) is 0.643. The Morgan fingerprint density at radius 1 is 1.04 bits per heavy atom. The molecule has 5 nitrogen and oxygen atoms in total. The molecular formula is C22H21ClN2O3. The fraction of sp³-hybridized carbons (Fsp3) is 0.182. The van der Waals surface area contributed by atoms with Crippen molar-refractivity contribution in [3.63, 3.8) is 0 Å². The maximum Gasteiger partial charge on any atom is 0.240 e.